The highest BCUT2D eigenvalue weighted by Gasteiger charge is 2.07. The lowest BCUT2D eigenvalue weighted by Crippen LogP contribution is -1.94. The fourth-order valence-corrected chi connectivity index (χ4v) is 1.85. The van der Waals surface area contributed by atoms with E-state index in [4.69, 9.17) is 4.74 Å². The van der Waals surface area contributed by atoms with E-state index in [1.54, 1.807) is 0 Å². The maximum absolute atomic E-state index is 5.55. The molecule has 0 spiro atoms. The normalized spacial score (nSPS) is 9.94. The molecule has 0 fully saturated rings. The zero-order valence-corrected chi connectivity index (χ0v) is 9.73. The molecule has 0 N–H and O–H groups in total. The summed E-state index contributed by atoms with van der Waals surface area (Å²) >= 11 is 0. The summed E-state index contributed by atoms with van der Waals surface area (Å²) < 4.78 is 5.55. The molecule has 0 aliphatic rings. The smallest absolute Gasteiger partial charge is 0.127 e. The average molecular weight is 223 g/mol. The van der Waals surface area contributed by atoms with Crippen molar-refractivity contribution in [2.75, 3.05) is 6.61 Å². The lowest BCUT2D eigenvalue weighted by molar-refractivity contribution is 0.362. The molecule has 0 unspecified atom stereocenters. The molecule has 2 rings (SSSR count). The van der Waals surface area contributed by atoms with Crippen LogP contribution in [0.3, 0.4) is 0 Å². The van der Waals surface area contributed by atoms with Crippen molar-refractivity contribution in [2.24, 2.45) is 0 Å². The first-order valence-corrected chi connectivity index (χ1v) is 5.59. The van der Waals surface area contributed by atoms with E-state index in [1.165, 1.54) is 0 Å². The van der Waals surface area contributed by atoms with E-state index >= 15 is 0 Å². The molecule has 0 bridgehead atoms. The van der Waals surface area contributed by atoms with Gasteiger partial charge in [-0.3, -0.25) is 0 Å². The van der Waals surface area contributed by atoms with Crippen LogP contribution in [0, 0.1) is 6.92 Å². The fraction of sp³-hybridized carbons (Fsp3) is 0.0625. The Kier molecular flexibility index (Phi) is 3.61. The summed E-state index contributed by atoms with van der Waals surface area (Å²) in [5, 5.41) is 0. The van der Waals surface area contributed by atoms with Crippen LogP contribution >= 0.6 is 0 Å². The molecule has 1 heteroatoms. The van der Waals surface area contributed by atoms with E-state index in [1.807, 2.05) is 48.5 Å². The van der Waals surface area contributed by atoms with Crippen LogP contribution in [0.15, 0.2) is 55.1 Å². The second kappa shape index (κ2) is 5.35. The predicted octanol–water partition coefficient (Wildman–Crippen LogP) is 4.21. The Morgan fingerprint density at radius 1 is 0.941 bits per heavy atom. The summed E-state index contributed by atoms with van der Waals surface area (Å²) in [6, 6.07) is 16.1. The van der Waals surface area contributed by atoms with E-state index in [0.29, 0.717) is 6.61 Å². The van der Waals surface area contributed by atoms with Gasteiger partial charge in [0.05, 0.1) is 6.61 Å². The summed E-state index contributed by atoms with van der Waals surface area (Å²) in [5.41, 5.74) is 3.31. The monoisotopic (exact) mass is 223 g/mol. The SMILES string of the molecule is [CH2]COc1ccccc1-c1ccccc1C=C. The highest BCUT2D eigenvalue weighted by molar-refractivity contribution is 5.78. The van der Waals surface area contributed by atoms with Crippen molar-refractivity contribution < 1.29 is 4.74 Å². The Labute approximate surface area is 102 Å². The summed E-state index contributed by atoms with van der Waals surface area (Å²) in [4.78, 5) is 0. The number of rotatable bonds is 4. The minimum absolute atomic E-state index is 0.424. The van der Waals surface area contributed by atoms with E-state index in [-0.39, 0.29) is 0 Å². The molecular formula is C16H15O. The summed E-state index contributed by atoms with van der Waals surface area (Å²) in [6.07, 6.45) is 1.86. The van der Waals surface area contributed by atoms with Crippen molar-refractivity contribution in [2.45, 2.75) is 0 Å². The third-order valence-electron chi connectivity index (χ3n) is 2.62. The molecule has 2 aromatic rings. The molecular weight excluding hydrogens is 208 g/mol. The third kappa shape index (κ3) is 2.39. The number of para-hydroxylation sites is 1. The van der Waals surface area contributed by atoms with Gasteiger partial charge in [0.1, 0.15) is 5.75 Å². The highest BCUT2D eigenvalue weighted by Crippen LogP contribution is 2.32. The van der Waals surface area contributed by atoms with Crippen molar-refractivity contribution in [1.29, 1.82) is 0 Å². The van der Waals surface area contributed by atoms with Crippen LogP contribution in [0.2, 0.25) is 0 Å². The van der Waals surface area contributed by atoms with E-state index in [9.17, 15) is 0 Å². The van der Waals surface area contributed by atoms with Gasteiger partial charge in [0.25, 0.3) is 0 Å². The zero-order valence-electron chi connectivity index (χ0n) is 9.73. The van der Waals surface area contributed by atoms with Gasteiger partial charge in [-0.2, -0.15) is 0 Å². The van der Waals surface area contributed by atoms with Gasteiger partial charge in [-0.1, -0.05) is 55.1 Å². The van der Waals surface area contributed by atoms with Gasteiger partial charge in [0, 0.05) is 5.56 Å². The molecule has 1 radical (unpaired) electrons. The van der Waals surface area contributed by atoms with Crippen molar-refractivity contribution >= 4 is 6.08 Å². The van der Waals surface area contributed by atoms with Crippen LogP contribution in [0.25, 0.3) is 17.2 Å². The average Bonchev–Trinajstić information content (AvgIpc) is 2.40. The van der Waals surface area contributed by atoms with Gasteiger partial charge in [-0.15, -0.1) is 0 Å². The molecule has 0 amide bonds. The van der Waals surface area contributed by atoms with Gasteiger partial charge in [0.2, 0.25) is 0 Å². The van der Waals surface area contributed by atoms with Gasteiger partial charge in [-0.05, 0) is 24.1 Å². The lowest BCUT2D eigenvalue weighted by Gasteiger charge is -2.12. The molecule has 2 aromatic carbocycles. The van der Waals surface area contributed by atoms with Crippen LogP contribution in [-0.4, -0.2) is 6.61 Å². The summed E-state index contributed by atoms with van der Waals surface area (Å²) in [6.45, 7) is 7.98. The maximum atomic E-state index is 5.55. The minimum atomic E-state index is 0.424. The van der Waals surface area contributed by atoms with Crippen molar-refractivity contribution in [3.63, 3.8) is 0 Å². The Morgan fingerprint density at radius 2 is 1.59 bits per heavy atom. The first kappa shape index (κ1) is 11.5. The van der Waals surface area contributed by atoms with Crippen LogP contribution in [0.1, 0.15) is 5.56 Å². The fourth-order valence-electron chi connectivity index (χ4n) is 1.85. The Hall–Kier alpha value is -2.02. The second-order valence-electron chi connectivity index (χ2n) is 3.64. The topological polar surface area (TPSA) is 9.23 Å². The Morgan fingerprint density at radius 3 is 2.29 bits per heavy atom. The molecule has 0 saturated heterocycles. The highest BCUT2D eigenvalue weighted by atomic mass is 16.5. The van der Waals surface area contributed by atoms with Crippen molar-refractivity contribution in [3.05, 3.63) is 67.6 Å². The van der Waals surface area contributed by atoms with Gasteiger partial charge in [0.15, 0.2) is 0 Å². The standard InChI is InChI=1S/C16H15O/c1-3-13-9-5-6-10-14(13)15-11-7-8-12-16(15)17-4-2/h3,5-12H,1-2,4H2. The second-order valence-corrected chi connectivity index (χ2v) is 3.64. The largest absolute Gasteiger partial charge is 0.493 e. The molecule has 1 nitrogen and oxygen atoms in total. The first-order chi connectivity index (χ1) is 8.36. The Bertz CT molecular complexity index is 514. The molecule has 0 atom stereocenters. The number of hydrogen-bond acceptors (Lipinski definition) is 1. The molecule has 17 heavy (non-hydrogen) atoms. The quantitative estimate of drug-likeness (QED) is 0.754. The predicted molar refractivity (Wildman–Crippen MR) is 72.8 cm³/mol. The molecule has 0 aliphatic heterocycles. The molecule has 0 saturated carbocycles. The van der Waals surface area contributed by atoms with E-state index in [0.717, 1.165) is 22.4 Å². The number of benzene rings is 2. The first-order valence-electron chi connectivity index (χ1n) is 5.59. The van der Waals surface area contributed by atoms with Crippen molar-refractivity contribution in [3.8, 4) is 16.9 Å². The van der Waals surface area contributed by atoms with Crippen LogP contribution in [0.4, 0.5) is 0 Å². The number of ether oxygens (including phenoxy) is 1. The van der Waals surface area contributed by atoms with Gasteiger partial charge < -0.3 is 4.74 Å². The van der Waals surface area contributed by atoms with Gasteiger partial charge >= 0.3 is 0 Å². The Balaban J connectivity index is 2.55. The van der Waals surface area contributed by atoms with Crippen LogP contribution in [-0.2, 0) is 0 Å². The third-order valence-corrected chi connectivity index (χ3v) is 2.62. The number of hydrogen-bond donors (Lipinski definition) is 0. The summed E-state index contributed by atoms with van der Waals surface area (Å²) in [7, 11) is 0. The van der Waals surface area contributed by atoms with E-state index in [2.05, 4.69) is 19.6 Å². The van der Waals surface area contributed by atoms with Crippen molar-refractivity contribution in [1.82, 2.24) is 0 Å². The molecule has 0 aromatic heterocycles. The molecule has 0 heterocycles. The van der Waals surface area contributed by atoms with Crippen LogP contribution < -0.4 is 4.74 Å². The van der Waals surface area contributed by atoms with E-state index < -0.39 is 0 Å². The maximum Gasteiger partial charge on any atom is 0.127 e. The molecule has 85 valence electrons. The zero-order chi connectivity index (χ0) is 12.1. The molecule has 0 aliphatic carbocycles. The minimum Gasteiger partial charge on any atom is -0.493 e. The summed E-state index contributed by atoms with van der Waals surface area (Å²) in [5.74, 6) is 0.858. The van der Waals surface area contributed by atoms with Crippen LogP contribution in [0.5, 0.6) is 5.75 Å². The lowest BCUT2D eigenvalue weighted by atomic mass is 9.99. The van der Waals surface area contributed by atoms with Gasteiger partial charge in [-0.25, -0.2) is 0 Å².